The van der Waals surface area contributed by atoms with Gasteiger partial charge in [-0.2, -0.15) is 0 Å². The van der Waals surface area contributed by atoms with Gasteiger partial charge in [-0.25, -0.2) is 0 Å². The minimum absolute atomic E-state index is 0.131. The summed E-state index contributed by atoms with van der Waals surface area (Å²) in [7, 11) is 1.70. The van der Waals surface area contributed by atoms with Crippen molar-refractivity contribution >= 4 is 21.5 Å². The number of methoxy groups -OCH3 is 1. The second-order valence-electron chi connectivity index (χ2n) is 8.97. The number of aryl methyl sites for hydroxylation is 1. The highest BCUT2D eigenvalue weighted by molar-refractivity contribution is 5.96. The molecule has 4 heteroatoms. The molecule has 0 bridgehead atoms. The van der Waals surface area contributed by atoms with Crippen LogP contribution in [0.25, 0.3) is 21.5 Å². The zero-order valence-corrected chi connectivity index (χ0v) is 19.2. The van der Waals surface area contributed by atoms with E-state index in [-0.39, 0.29) is 17.4 Å². The Morgan fingerprint density at radius 3 is 1.79 bits per heavy atom. The first-order valence-corrected chi connectivity index (χ1v) is 11.3. The SMILES string of the molecule is COc1cc(C2c3c(ccc4cc(O)ccc34)Oc3ccc4cc(O)ccc4c32)cc(C)c1C. The molecule has 0 spiro atoms. The maximum absolute atomic E-state index is 10.1. The maximum Gasteiger partial charge on any atom is 0.132 e. The van der Waals surface area contributed by atoms with Gasteiger partial charge in [0.1, 0.15) is 28.7 Å². The normalized spacial score (nSPS) is 12.9. The molecule has 34 heavy (non-hydrogen) atoms. The predicted molar refractivity (Wildman–Crippen MR) is 135 cm³/mol. The van der Waals surface area contributed by atoms with Gasteiger partial charge in [-0.3, -0.25) is 0 Å². The number of phenols is 2. The molecule has 4 nitrogen and oxygen atoms in total. The molecule has 0 aromatic heterocycles. The van der Waals surface area contributed by atoms with E-state index in [0.29, 0.717) is 0 Å². The number of fused-ring (bicyclic) bond motifs is 6. The summed E-state index contributed by atoms with van der Waals surface area (Å²) in [4.78, 5) is 0. The third-order valence-corrected chi connectivity index (χ3v) is 7.00. The van der Waals surface area contributed by atoms with Gasteiger partial charge in [0, 0.05) is 17.0 Å². The molecular formula is C30H24O4. The maximum atomic E-state index is 10.1. The third-order valence-electron chi connectivity index (χ3n) is 7.00. The Balaban J connectivity index is 1.75. The smallest absolute Gasteiger partial charge is 0.132 e. The Hall–Kier alpha value is -4.18. The molecule has 0 saturated heterocycles. The van der Waals surface area contributed by atoms with Crippen LogP contribution < -0.4 is 9.47 Å². The topological polar surface area (TPSA) is 58.9 Å². The Kier molecular flexibility index (Phi) is 4.46. The van der Waals surface area contributed by atoms with Crippen LogP contribution in [0.1, 0.15) is 33.7 Å². The van der Waals surface area contributed by atoms with Crippen molar-refractivity contribution in [1.82, 2.24) is 0 Å². The van der Waals surface area contributed by atoms with E-state index >= 15 is 0 Å². The van der Waals surface area contributed by atoms with E-state index in [1.165, 1.54) is 0 Å². The van der Waals surface area contributed by atoms with Crippen LogP contribution in [-0.4, -0.2) is 17.3 Å². The van der Waals surface area contributed by atoms with Crippen molar-refractivity contribution < 1.29 is 19.7 Å². The molecule has 1 aliphatic rings. The van der Waals surface area contributed by atoms with Gasteiger partial charge < -0.3 is 19.7 Å². The average molecular weight is 449 g/mol. The fourth-order valence-electron chi connectivity index (χ4n) is 5.24. The Morgan fingerprint density at radius 1 is 0.706 bits per heavy atom. The minimum Gasteiger partial charge on any atom is -0.508 e. The van der Waals surface area contributed by atoms with Crippen LogP contribution in [0.5, 0.6) is 28.7 Å². The van der Waals surface area contributed by atoms with Gasteiger partial charge in [0.15, 0.2) is 0 Å². The lowest BCUT2D eigenvalue weighted by atomic mass is 9.78. The highest BCUT2D eigenvalue weighted by atomic mass is 16.5. The number of hydrogen-bond acceptors (Lipinski definition) is 4. The van der Waals surface area contributed by atoms with Crippen molar-refractivity contribution in [3.8, 4) is 28.7 Å². The highest BCUT2D eigenvalue weighted by Gasteiger charge is 2.33. The van der Waals surface area contributed by atoms with Crippen LogP contribution in [0.15, 0.2) is 72.8 Å². The second kappa shape index (κ2) is 7.42. The van der Waals surface area contributed by atoms with Crippen LogP contribution in [0.4, 0.5) is 0 Å². The molecule has 168 valence electrons. The summed E-state index contributed by atoms with van der Waals surface area (Å²) in [5.74, 6) is 2.77. The first-order chi connectivity index (χ1) is 16.4. The van der Waals surface area contributed by atoms with Gasteiger partial charge in [0.2, 0.25) is 0 Å². The van der Waals surface area contributed by atoms with Crippen LogP contribution in [0.2, 0.25) is 0 Å². The summed E-state index contributed by atoms with van der Waals surface area (Å²) in [6.07, 6.45) is 0. The number of ether oxygens (including phenoxy) is 2. The molecule has 0 radical (unpaired) electrons. The van der Waals surface area contributed by atoms with E-state index in [4.69, 9.17) is 9.47 Å². The molecule has 0 saturated carbocycles. The van der Waals surface area contributed by atoms with Gasteiger partial charge in [0.25, 0.3) is 0 Å². The van der Waals surface area contributed by atoms with Crippen molar-refractivity contribution in [3.05, 3.63) is 101 Å². The molecule has 0 amide bonds. The van der Waals surface area contributed by atoms with Crippen LogP contribution >= 0.6 is 0 Å². The number of rotatable bonds is 2. The standard InChI is InChI=1S/C30H24O4/c1-16-12-20(15-27(33-3)17(16)2)28-29-23-8-6-21(31)13-18(23)4-10-25(29)34-26-11-5-19-14-22(32)7-9-24(19)30(26)28/h4-15,28,31-32H,1-3H3. The Bertz CT molecular complexity index is 1530. The average Bonchev–Trinajstić information content (AvgIpc) is 2.83. The summed E-state index contributed by atoms with van der Waals surface area (Å²) >= 11 is 0. The molecule has 0 aliphatic carbocycles. The molecule has 1 heterocycles. The van der Waals surface area contributed by atoms with Gasteiger partial charge in [-0.1, -0.05) is 30.3 Å². The van der Waals surface area contributed by atoms with Gasteiger partial charge in [0.05, 0.1) is 7.11 Å². The monoisotopic (exact) mass is 448 g/mol. The number of aromatic hydroxyl groups is 2. The van der Waals surface area contributed by atoms with Crippen LogP contribution in [0.3, 0.4) is 0 Å². The summed E-state index contributed by atoms with van der Waals surface area (Å²) in [5.41, 5.74) is 5.47. The molecule has 6 rings (SSSR count). The van der Waals surface area contributed by atoms with E-state index in [9.17, 15) is 10.2 Å². The van der Waals surface area contributed by atoms with Crippen LogP contribution in [0, 0.1) is 13.8 Å². The predicted octanol–water partition coefficient (Wildman–Crippen LogP) is 7.32. The van der Waals surface area contributed by atoms with Gasteiger partial charge >= 0.3 is 0 Å². The minimum atomic E-state index is -0.131. The molecule has 0 unspecified atom stereocenters. The van der Waals surface area contributed by atoms with Crippen molar-refractivity contribution in [2.24, 2.45) is 0 Å². The van der Waals surface area contributed by atoms with E-state index < -0.39 is 0 Å². The quantitative estimate of drug-likeness (QED) is 0.291. The van der Waals surface area contributed by atoms with Gasteiger partial charge in [-0.05, 0) is 94.5 Å². The van der Waals surface area contributed by atoms with Crippen molar-refractivity contribution in [2.75, 3.05) is 7.11 Å². The third kappa shape index (κ3) is 2.99. The molecule has 0 fully saturated rings. The van der Waals surface area contributed by atoms with E-state index in [2.05, 4.69) is 26.0 Å². The molecule has 0 atom stereocenters. The molecule has 2 N–H and O–H groups in total. The fraction of sp³-hybridized carbons (Fsp3) is 0.133. The molecule has 5 aromatic rings. The number of hydrogen-bond donors (Lipinski definition) is 2. The van der Waals surface area contributed by atoms with Crippen LogP contribution in [-0.2, 0) is 0 Å². The molecular weight excluding hydrogens is 424 g/mol. The van der Waals surface area contributed by atoms with Crippen molar-refractivity contribution in [1.29, 1.82) is 0 Å². The summed E-state index contributed by atoms with van der Waals surface area (Å²) in [6.45, 7) is 4.17. The second-order valence-corrected chi connectivity index (χ2v) is 8.97. The lowest BCUT2D eigenvalue weighted by Crippen LogP contribution is -2.13. The largest absolute Gasteiger partial charge is 0.508 e. The summed E-state index contributed by atoms with van der Waals surface area (Å²) in [5, 5.41) is 24.2. The number of phenolic OH excluding ortho intramolecular Hbond substituents is 2. The van der Waals surface area contributed by atoms with E-state index in [1.54, 1.807) is 31.4 Å². The van der Waals surface area contributed by atoms with Crippen molar-refractivity contribution in [2.45, 2.75) is 19.8 Å². The zero-order valence-electron chi connectivity index (χ0n) is 19.2. The Labute approximate surface area is 197 Å². The summed E-state index contributed by atoms with van der Waals surface area (Å²) < 4.78 is 12.2. The Morgan fingerprint density at radius 2 is 1.26 bits per heavy atom. The summed E-state index contributed by atoms with van der Waals surface area (Å²) in [6, 6.07) is 23.2. The van der Waals surface area contributed by atoms with Gasteiger partial charge in [-0.15, -0.1) is 0 Å². The lowest BCUT2D eigenvalue weighted by Gasteiger charge is -2.31. The van der Waals surface area contributed by atoms with E-state index in [0.717, 1.165) is 66.6 Å². The zero-order chi connectivity index (χ0) is 23.6. The van der Waals surface area contributed by atoms with E-state index in [1.807, 2.05) is 36.4 Å². The first-order valence-electron chi connectivity index (χ1n) is 11.3. The molecule has 5 aromatic carbocycles. The highest BCUT2D eigenvalue weighted by Crippen LogP contribution is 2.53. The molecule has 1 aliphatic heterocycles. The lowest BCUT2D eigenvalue weighted by molar-refractivity contribution is 0.410. The van der Waals surface area contributed by atoms with Crippen molar-refractivity contribution in [3.63, 3.8) is 0 Å². The fourth-order valence-corrected chi connectivity index (χ4v) is 5.24. The first kappa shape index (κ1) is 20.4. The number of benzene rings is 5.